The molecule has 2 fully saturated rings. The zero-order valence-corrected chi connectivity index (χ0v) is 20.3. The van der Waals surface area contributed by atoms with E-state index >= 15 is 0 Å². The van der Waals surface area contributed by atoms with Gasteiger partial charge < -0.3 is 15.3 Å². The third-order valence-corrected chi connectivity index (χ3v) is 7.61. The van der Waals surface area contributed by atoms with E-state index in [0.29, 0.717) is 46.6 Å². The Morgan fingerprint density at radius 3 is 2.36 bits per heavy atom. The molecule has 0 spiro atoms. The van der Waals surface area contributed by atoms with Crippen LogP contribution in [-0.2, 0) is 10.4 Å². The first-order chi connectivity index (χ1) is 15.7. The Balaban J connectivity index is 1.25. The van der Waals surface area contributed by atoms with Crippen LogP contribution in [0.15, 0.2) is 42.5 Å². The van der Waals surface area contributed by atoms with Gasteiger partial charge in [-0.1, -0.05) is 46.9 Å². The Hall–Kier alpha value is -1.83. The van der Waals surface area contributed by atoms with Gasteiger partial charge in [0.2, 0.25) is 5.91 Å². The lowest BCUT2D eigenvalue weighted by molar-refractivity contribution is -0.129. The Morgan fingerprint density at radius 1 is 1.00 bits per heavy atom. The molecule has 2 amide bonds. The number of aliphatic hydroxyl groups is 1. The standard InChI is InChI=1S/C24H26Cl3N3O3/c25-18-4-2-17(3-5-18)24(33)8-11-29(12-9-24)19-7-10-30(15-19)22(31)14-28-23(32)16-1-6-20(26)21(27)13-16/h1-6,13,19,33H,7-12,14-15H2,(H,28,32). The highest BCUT2D eigenvalue weighted by Gasteiger charge is 2.38. The van der Waals surface area contributed by atoms with Gasteiger partial charge in [-0.25, -0.2) is 0 Å². The molecule has 9 heteroatoms. The number of carbonyl (C=O) groups excluding carboxylic acids is 2. The Bertz CT molecular complexity index is 1020. The second kappa shape index (κ2) is 10.2. The van der Waals surface area contributed by atoms with Crippen LogP contribution < -0.4 is 5.32 Å². The molecule has 2 aliphatic rings. The number of piperidine rings is 1. The van der Waals surface area contributed by atoms with Crippen molar-refractivity contribution >= 4 is 46.6 Å². The molecule has 1 unspecified atom stereocenters. The van der Waals surface area contributed by atoms with Gasteiger partial charge >= 0.3 is 0 Å². The predicted molar refractivity (Wildman–Crippen MR) is 130 cm³/mol. The van der Waals surface area contributed by atoms with E-state index in [-0.39, 0.29) is 24.4 Å². The smallest absolute Gasteiger partial charge is 0.251 e. The van der Waals surface area contributed by atoms with E-state index in [2.05, 4.69) is 10.2 Å². The molecule has 2 saturated heterocycles. The molecule has 0 saturated carbocycles. The summed E-state index contributed by atoms with van der Waals surface area (Å²) in [5.74, 6) is -0.476. The minimum absolute atomic E-state index is 0.0673. The summed E-state index contributed by atoms with van der Waals surface area (Å²) in [6.07, 6.45) is 2.16. The normalized spacial score (nSPS) is 20.6. The lowest BCUT2D eigenvalue weighted by atomic mass is 9.84. The number of benzene rings is 2. The van der Waals surface area contributed by atoms with E-state index < -0.39 is 5.60 Å². The van der Waals surface area contributed by atoms with Crippen LogP contribution >= 0.6 is 34.8 Å². The predicted octanol–water partition coefficient (Wildman–Crippen LogP) is 3.96. The van der Waals surface area contributed by atoms with Gasteiger partial charge in [0.05, 0.1) is 22.2 Å². The monoisotopic (exact) mass is 509 g/mol. The number of halogens is 3. The van der Waals surface area contributed by atoms with Gasteiger partial charge in [0.25, 0.3) is 5.91 Å². The second-order valence-corrected chi connectivity index (χ2v) is 9.92. The second-order valence-electron chi connectivity index (χ2n) is 8.67. The van der Waals surface area contributed by atoms with Crippen molar-refractivity contribution in [2.24, 2.45) is 0 Å². The average Bonchev–Trinajstić information content (AvgIpc) is 3.30. The maximum Gasteiger partial charge on any atom is 0.251 e. The first-order valence-electron chi connectivity index (χ1n) is 11.0. The van der Waals surface area contributed by atoms with Crippen LogP contribution in [0.5, 0.6) is 0 Å². The molecule has 2 N–H and O–H groups in total. The van der Waals surface area contributed by atoms with E-state index in [1.165, 1.54) is 6.07 Å². The highest BCUT2D eigenvalue weighted by atomic mass is 35.5. The summed E-state index contributed by atoms with van der Waals surface area (Å²) >= 11 is 17.8. The molecule has 2 heterocycles. The van der Waals surface area contributed by atoms with Gasteiger partial charge in [0.1, 0.15) is 0 Å². The number of hydrogen-bond acceptors (Lipinski definition) is 4. The van der Waals surface area contributed by atoms with Crippen LogP contribution in [0, 0.1) is 0 Å². The van der Waals surface area contributed by atoms with Crippen molar-refractivity contribution in [1.82, 2.24) is 15.1 Å². The molecule has 176 valence electrons. The van der Waals surface area contributed by atoms with E-state index in [4.69, 9.17) is 34.8 Å². The molecule has 33 heavy (non-hydrogen) atoms. The molecular weight excluding hydrogens is 485 g/mol. The lowest BCUT2D eigenvalue weighted by Crippen LogP contribution is -2.48. The van der Waals surface area contributed by atoms with Crippen LogP contribution in [0.4, 0.5) is 0 Å². The van der Waals surface area contributed by atoms with Crippen molar-refractivity contribution in [2.75, 3.05) is 32.7 Å². The summed E-state index contributed by atoms with van der Waals surface area (Å²) in [6, 6.07) is 12.3. The van der Waals surface area contributed by atoms with Gasteiger partial charge in [-0.3, -0.25) is 14.5 Å². The molecule has 0 bridgehead atoms. The molecule has 2 aromatic rings. The van der Waals surface area contributed by atoms with Gasteiger partial charge in [-0.15, -0.1) is 0 Å². The zero-order chi connectivity index (χ0) is 23.6. The molecule has 0 aromatic heterocycles. The van der Waals surface area contributed by atoms with Crippen LogP contribution in [0.3, 0.4) is 0 Å². The Kier molecular flexibility index (Phi) is 7.51. The summed E-state index contributed by atoms with van der Waals surface area (Å²) in [7, 11) is 0. The maximum atomic E-state index is 12.6. The molecule has 0 radical (unpaired) electrons. The Morgan fingerprint density at radius 2 is 1.70 bits per heavy atom. The van der Waals surface area contributed by atoms with Crippen molar-refractivity contribution in [3.8, 4) is 0 Å². The zero-order valence-electron chi connectivity index (χ0n) is 18.1. The number of likely N-dealkylation sites (tertiary alicyclic amines) is 2. The van der Waals surface area contributed by atoms with Crippen LogP contribution in [0.25, 0.3) is 0 Å². The summed E-state index contributed by atoms with van der Waals surface area (Å²) in [5.41, 5.74) is 0.412. The number of nitrogens with one attached hydrogen (secondary N) is 1. The maximum absolute atomic E-state index is 12.6. The molecule has 2 aliphatic heterocycles. The first kappa shape index (κ1) is 24.3. The van der Waals surface area contributed by atoms with Crippen molar-refractivity contribution < 1.29 is 14.7 Å². The van der Waals surface area contributed by atoms with E-state index in [9.17, 15) is 14.7 Å². The minimum Gasteiger partial charge on any atom is -0.385 e. The van der Waals surface area contributed by atoms with E-state index in [1.54, 1.807) is 17.0 Å². The number of amides is 2. The van der Waals surface area contributed by atoms with Crippen molar-refractivity contribution in [1.29, 1.82) is 0 Å². The van der Waals surface area contributed by atoms with Crippen LogP contribution in [0.2, 0.25) is 15.1 Å². The lowest BCUT2D eigenvalue weighted by Gasteiger charge is -2.41. The quantitative estimate of drug-likeness (QED) is 0.639. The topological polar surface area (TPSA) is 72.9 Å². The highest BCUT2D eigenvalue weighted by Crippen LogP contribution is 2.35. The van der Waals surface area contributed by atoms with E-state index in [1.807, 2.05) is 24.3 Å². The summed E-state index contributed by atoms with van der Waals surface area (Å²) in [5, 5.41) is 15.1. The molecular formula is C24H26Cl3N3O3. The first-order valence-corrected chi connectivity index (χ1v) is 12.1. The number of hydrogen-bond donors (Lipinski definition) is 2. The van der Waals surface area contributed by atoms with Gasteiger partial charge in [-0.2, -0.15) is 0 Å². The number of carbonyl (C=O) groups is 2. The third-order valence-electron chi connectivity index (χ3n) is 6.62. The van der Waals surface area contributed by atoms with E-state index in [0.717, 1.165) is 25.1 Å². The molecule has 6 nitrogen and oxygen atoms in total. The minimum atomic E-state index is -0.843. The van der Waals surface area contributed by atoms with Crippen LogP contribution in [0.1, 0.15) is 35.2 Å². The fourth-order valence-electron chi connectivity index (χ4n) is 4.58. The fourth-order valence-corrected chi connectivity index (χ4v) is 5.01. The Labute approximate surface area is 208 Å². The van der Waals surface area contributed by atoms with Gasteiger partial charge in [0, 0.05) is 42.8 Å². The molecule has 0 aliphatic carbocycles. The summed E-state index contributed by atoms with van der Waals surface area (Å²) < 4.78 is 0. The largest absolute Gasteiger partial charge is 0.385 e. The van der Waals surface area contributed by atoms with Gasteiger partial charge in [-0.05, 0) is 55.2 Å². The van der Waals surface area contributed by atoms with Crippen LogP contribution in [-0.4, -0.2) is 65.5 Å². The summed E-state index contributed by atoms with van der Waals surface area (Å²) in [4.78, 5) is 29.1. The highest BCUT2D eigenvalue weighted by molar-refractivity contribution is 6.42. The molecule has 2 aromatic carbocycles. The summed E-state index contributed by atoms with van der Waals surface area (Å²) in [6.45, 7) is 2.74. The number of rotatable bonds is 5. The van der Waals surface area contributed by atoms with Gasteiger partial charge in [0.15, 0.2) is 0 Å². The van der Waals surface area contributed by atoms with Crippen molar-refractivity contribution in [2.45, 2.75) is 30.9 Å². The third kappa shape index (κ3) is 5.64. The SMILES string of the molecule is O=C(NCC(=O)N1CCC(N2CCC(O)(c3ccc(Cl)cc3)CC2)C1)c1ccc(Cl)c(Cl)c1. The average molecular weight is 511 g/mol. The molecule has 4 rings (SSSR count). The van der Waals surface area contributed by atoms with Crippen molar-refractivity contribution in [3.63, 3.8) is 0 Å². The number of nitrogens with zero attached hydrogens (tertiary/aromatic N) is 2. The van der Waals surface area contributed by atoms with Crippen molar-refractivity contribution in [3.05, 3.63) is 68.7 Å². The fraction of sp³-hybridized carbons (Fsp3) is 0.417. The molecule has 1 atom stereocenters.